The topological polar surface area (TPSA) is 160 Å². The van der Waals surface area contributed by atoms with Crippen LogP contribution in [0, 0.1) is 0 Å². The van der Waals surface area contributed by atoms with Crippen LogP contribution in [0.5, 0.6) is 0 Å². The Labute approximate surface area is 202 Å². The highest BCUT2D eigenvalue weighted by atomic mass is 16.1. The Morgan fingerprint density at radius 3 is 2.69 bits per heavy atom. The van der Waals surface area contributed by atoms with Gasteiger partial charge >= 0.3 is 0 Å². The number of hydrazine groups is 1. The summed E-state index contributed by atoms with van der Waals surface area (Å²) in [5.41, 5.74) is 4.55. The van der Waals surface area contributed by atoms with Crippen LogP contribution in [0.2, 0.25) is 0 Å². The first-order valence-corrected chi connectivity index (χ1v) is 10.9. The second kappa shape index (κ2) is 10.5. The number of hydrogen-bond acceptors (Lipinski definition) is 9. The summed E-state index contributed by atoms with van der Waals surface area (Å²) in [7, 11) is 3.26. The molecule has 0 unspecified atom stereocenters. The van der Waals surface area contributed by atoms with Crippen molar-refractivity contribution in [2.45, 2.75) is 6.42 Å². The summed E-state index contributed by atoms with van der Waals surface area (Å²) in [6.45, 7) is 0.623. The van der Waals surface area contributed by atoms with Crippen molar-refractivity contribution < 1.29 is 4.79 Å². The molecule has 0 bridgehead atoms. The number of para-hydroxylation sites is 1. The van der Waals surface area contributed by atoms with Gasteiger partial charge in [0.2, 0.25) is 0 Å². The normalized spacial score (nSPS) is 11.3. The molecule has 1 amide bonds. The number of aromatic nitrogens is 4. The highest BCUT2D eigenvalue weighted by molar-refractivity contribution is 6.06. The van der Waals surface area contributed by atoms with Gasteiger partial charge in [-0.05, 0) is 30.2 Å². The number of amides is 1. The Kier molecular flexibility index (Phi) is 7.07. The molecule has 11 heteroatoms. The van der Waals surface area contributed by atoms with Crippen LogP contribution in [0.3, 0.4) is 0 Å². The molecule has 0 saturated carbocycles. The van der Waals surface area contributed by atoms with E-state index in [0.717, 1.165) is 27.7 Å². The molecule has 11 nitrogen and oxygen atoms in total. The van der Waals surface area contributed by atoms with Crippen molar-refractivity contribution in [1.82, 2.24) is 30.3 Å². The quantitative estimate of drug-likeness (QED) is 0.136. The van der Waals surface area contributed by atoms with Gasteiger partial charge in [-0.15, -0.1) is 0 Å². The fourth-order valence-corrected chi connectivity index (χ4v) is 3.72. The summed E-state index contributed by atoms with van der Waals surface area (Å²) < 4.78 is 0. The van der Waals surface area contributed by atoms with Gasteiger partial charge in [0, 0.05) is 50.0 Å². The number of nitrogens with one attached hydrogen (secondary N) is 2. The van der Waals surface area contributed by atoms with Gasteiger partial charge in [-0.1, -0.05) is 18.2 Å². The van der Waals surface area contributed by atoms with Crippen LogP contribution in [0.15, 0.2) is 66.3 Å². The Morgan fingerprint density at radius 1 is 1.11 bits per heavy atom. The third-order valence-corrected chi connectivity index (χ3v) is 5.44. The van der Waals surface area contributed by atoms with Crippen molar-refractivity contribution >= 4 is 28.5 Å². The molecule has 0 aliphatic heterocycles. The molecular formula is C24H26N10O. The van der Waals surface area contributed by atoms with Gasteiger partial charge in [0.05, 0.1) is 16.8 Å². The van der Waals surface area contributed by atoms with E-state index in [0.29, 0.717) is 35.9 Å². The van der Waals surface area contributed by atoms with E-state index in [9.17, 15) is 4.79 Å². The predicted molar refractivity (Wildman–Crippen MR) is 135 cm³/mol. The van der Waals surface area contributed by atoms with Crippen molar-refractivity contribution in [2.24, 2.45) is 16.8 Å². The molecule has 6 N–H and O–H groups in total. The molecule has 0 saturated heterocycles. The lowest BCUT2D eigenvalue weighted by atomic mass is 10.0. The Hall–Kier alpha value is -4.64. The first kappa shape index (κ1) is 23.5. The van der Waals surface area contributed by atoms with Crippen molar-refractivity contribution in [3.63, 3.8) is 0 Å². The fraction of sp³-hybridized carbons (Fsp3) is 0.167. The minimum Gasteiger partial charge on any atom is -0.370 e. The summed E-state index contributed by atoms with van der Waals surface area (Å²) >= 11 is 0. The average molecular weight is 471 g/mol. The number of hydrazone groups is 1. The van der Waals surface area contributed by atoms with E-state index >= 15 is 0 Å². The van der Waals surface area contributed by atoms with E-state index in [2.05, 4.69) is 35.7 Å². The summed E-state index contributed by atoms with van der Waals surface area (Å²) in [5, 5.41) is 11.8. The summed E-state index contributed by atoms with van der Waals surface area (Å²) in [6.07, 6.45) is 5.54. The van der Waals surface area contributed by atoms with Gasteiger partial charge in [-0.25, -0.2) is 15.8 Å². The van der Waals surface area contributed by atoms with Crippen LogP contribution in [0.1, 0.15) is 21.6 Å². The Morgan fingerprint density at radius 2 is 1.97 bits per heavy atom. The van der Waals surface area contributed by atoms with Gasteiger partial charge in [0.15, 0.2) is 5.84 Å². The number of rotatable bonds is 7. The Balaban J connectivity index is 1.47. The van der Waals surface area contributed by atoms with E-state index < -0.39 is 0 Å². The lowest BCUT2D eigenvalue weighted by Gasteiger charge is -2.13. The van der Waals surface area contributed by atoms with E-state index in [-0.39, 0.29) is 5.91 Å². The zero-order valence-electron chi connectivity index (χ0n) is 19.4. The predicted octanol–water partition coefficient (Wildman–Crippen LogP) is 1.53. The van der Waals surface area contributed by atoms with Crippen LogP contribution in [0.25, 0.3) is 22.2 Å². The molecule has 35 heavy (non-hydrogen) atoms. The maximum absolute atomic E-state index is 12.2. The molecule has 0 aliphatic carbocycles. The van der Waals surface area contributed by atoms with Crippen molar-refractivity contribution in [3.05, 3.63) is 78.0 Å². The highest BCUT2D eigenvalue weighted by Crippen LogP contribution is 2.22. The molecule has 0 aliphatic rings. The number of benzene rings is 1. The number of pyridine rings is 2. The van der Waals surface area contributed by atoms with E-state index in [4.69, 9.17) is 11.7 Å². The van der Waals surface area contributed by atoms with Crippen LogP contribution in [-0.2, 0) is 6.42 Å². The monoisotopic (exact) mass is 470 g/mol. The van der Waals surface area contributed by atoms with Crippen LogP contribution < -0.4 is 22.3 Å². The third kappa shape index (κ3) is 5.14. The van der Waals surface area contributed by atoms with Crippen molar-refractivity contribution in [1.29, 1.82) is 0 Å². The summed E-state index contributed by atoms with van der Waals surface area (Å²) in [4.78, 5) is 29.8. The lowest BCUT2D eigenvalue weighted by Crippen LogP contribution is -2.35. The average Bonchev–Trinajstić information content (AvgIpc) is 2.89. The fourth-order valence-electron chi connectivity index (χ4n) is 3.72. The first-order valence-electron chi connectivity index (χ1n) is 10.9. The minimum absolute atomic E-state index is 0.134. The number of hydrogen-bond donors (Lipinski definition) is 4. The largest absolute Gasteiger partial charge is 0.370 e. The first-order chi connectivity index (χ1) is 17.0. The molecule has 0 fully saturated rings. The van der Waals surface area contributed by atoms with Crippen LogP contribution in [-0.4, -0.2) is 57.3 Å². The molecular weight excluding hydrogens is 444 g/mol. The van der Waals surface area contributed by atoms with E-state index in [1.807, 2.05) is 30.3 Å². The number of carbonyl (C=O) groups is 1. The summed E-state index contributed by atoms with van der Waals surface area (Å²) in [6, 6.07) is 13.1. The Bertz CT molecular complexity index is 1370. The number of anilines is 1. The molecule has 4 rings (SSSR count). The molecule has 3 aromatic heterocycles. The smallest absolute Gasteiger partial charge is 0.251 e. The van der Waals surface area contributed by atoms with Gasteiger partial charge in [-0.3, -0.25) is 19.8 Å². The van der Waals surface area contributed by atoms with E-state index in [1.54, 1.807) is 38.6 Å². The lowest BCUT2D eigenvalue weighted by molar-refractivity contribution is 0.0964. The highest BCUT2D eigenvalue weighted by Gasteiger charge is 2.12. The van der Waals surface area contributed by atoms with Gasteiger partial charge in [-0.2, -0.15) is 5.10 Å². The second-order valence-corrected chi connectivity index (χ2v) is 7.71. The standard InChI is InChI=1S/C24H26N10O/c1-27-24(35)18-9-11-29-22-15(4-3-5-17(18)22)8-10-28-21-12-20(31-14-32-21)16-6-7-19(30-13-16)23(33-25)34(2)26/h3-7,9,11-14H,8,10,25-26H2,1-2H3,(H,27,35)(H,28,31,32)/b33-23-. The number of nitrogens with zero attached hydrogens (tertiary/aromatic N) is 6. The minimum atomic E-state index is -0.134. The number of fused-ring (bicyclic) bond motifs is 1. The van der Waals surface area contributed by atoms with Gasteiger partial charge < -0.3 is 16.5 Å². The molecule has 4 aromatic rings. The zero-order chi connectivity index (χ0) is 24.8. The molecule has 1 aromatic carbocycles. The zero-order valence-corrected chi connectivity index (χ0v) is 19.4. The second-order valence-electron chi connectivity index (χ2n) is 7.71. The molecule has 0 radical (unpaired) electrons. The maximum atomic E-state index is 12.2. The van der Waals surface area contributed by atoms with Crippen LogP contribution >= 0.6 is 0 Å². The molecule has 0 spiro atoms. The van der Waals surface area contributed by atoms with Crippen LogP contribution in [0.4, 0.5) is 5.82 Å². The molecule has 178 valence electrons. The number of carbonyl (C=O) groups excluding carboxylic acids is 1. The van der Waals surface area contributed by atoms with Gasteiger partial charge in [0.1, 0.15) is 17.8 Å². The molecule has 0 atom stereocenters. The third-order valence-electron chi connectivity index (χ3n) is 5.44. The maximum Gasteiger partial charge on any atom is 0.251 e. The summed E-state index contributed by atoms with van der Waals surface area (Å²) in [5.74, 6) is 12.0. The SMILES string of the molecule is CNC(=O)c1ccnc2c(CCNc3cc(-c4ccc(/C(=N/N)N(C)N)nc4)ncn3)cccc12. The molecule has 3 heterocycles. The van der Waals surface area contributed by atoms with E-state index in [1.165, 1.54) is 11.3 Å². The van der Waals surface area contributed by atoms with Gasteiger partial charge in [0.25, 0.3) is 5.91 Å². The van der Waals surface area contributed by atoms with Crippen molar-refractivity contribution in [2.75, 3.05) is 26.0 Å². The number of nitrogens with two attached hydrogens (primary N) is 2. The van der Waals surface area contributed by atoms with Crippen molar-refractivity contribution in [3.8, 4) is 11.3 Å². The number of amidine groups is 1.